The number of pyridine rings is 1. The Balaban J connectivity index is 1.02. The molecule has 0 amide bonds. The molecule has 0 fully saturated rings. The Kier molecular flexibility index (Phi) is 6.69. The highest BCUT2D eigenvalue weighted by molar-refractivity contribution is 7.26. The van der Waals surface area contributed by atoms with Crippen molar-refractivity contribution in [1.82, 2.24) is 19.1 Å². The lowest BCUT2D eigenvalue weighted by molar-refractivity contribution is 1.09. The van der Waals surface area contributed by atoms with Gasteiger partial charge in [0, 0.05) is 60.3 Å². The molecule has 0 saturated heterocycles. The van der Waals surface area contributed by atoms with Crippen LogP contribution in [0.15, 0.2) is 182 Å². The molecule has 7 aromatic carbocycles. The maximum atomic E-state index is 5.13. The number of nitrogens with zero attached hydrogens (tertiary/aromatic N) is 4. The van der Waals surface area contributed by atoms with Gasteiger partial charge in [-0.3, -0.25) is 9.55 Å². The number of rotatable bonds is 5. The van der Waals surface area contributed by atoms with Gasteiger partial charge in [0.2, 0.25) is 0 Å². The van der Waals surface area contributed by atoms with Gasteiger partial charge in [-0.15, -0.1) is 11.3 Å². The van der Waals surface area contributed by atoms with Gasteiger partial charge in [0.1, 0.15) is 5.82 Å². The van der Waals surface area contributed by atoms with E-state index in [1.807, 2.05) is 35.9 Å². The van der Waals surface area contributed by atoms with Crippen molar-refractivity contribution < 1.29 is 0 Å². The second-order valence-electron chi connectivity index (χ2n) is 13.5. The third-order valence-electron chi connectivity index (χ3n) is 10.5. The van der Waals surface area contributed by atoms with Crippen molar-refractivity contribution in [3.63, 3.8) is 0 Å². The van der Waals surface area contributed by atoms with Crippen molar-refractivity contribution in [2.45, 2.75) is 0 Å². The molecule has 0 N–H and O–H groups in total. The molecule has 0 atom stereocenters. The summed E-state index contributed by atoms with van der Waals surface area (Å²) in [6.07, 6.45) is 3.66. The molecule has 4 heterocycles. The van der Waals surface area contributed by atoms with Crippen molar-refractivity contribution in [3.8, 4) is 45.0 Å². The first-order valence-corrected chi connectivity index (χ1v) is 18.6. The molecule has 4 nitrogen and oxygen atoms in total. The van der Waals surface area contributed by atoms with Crippen LogP contribution in [-0.2, 0) is 0 Å². The van der Waals surface area contributed by atoms with Crippen molar-refractivity contribution in [3.05, 3.63) is 182 Å². The molecule has 248 valence electrons. The molecule has 0 spiro atoms. The smallest absolute Gasteiger partial charge is 0.145 e. The Morgan fingerprint density at radius 3 is 1.87 bits per heavy atom. The van der Waals surface area contributed by atoms with Crippen LogP contribution in [0.2, 0.25) is 0 Å². The highest BCUT2D eigenvalue weighted by Crippen LogP contribution is 2.42. The molecular formula is C48H30N4S. The first-order valence-electron chi connectivity index (χ1n) is 17.8. The van der Waals surface area contributed by atoms with E-state index < -0.39 is 0 Å². The molecule has 0 radical (unpaired) electrons. The van der Waals surface area contributed by atoms with E-state index in [2.05, 4.69) is 172 Å². The largest absolute Gasteiger partial charge is 0.309 e. The quantitative estimate of drug-likeness (QED) is 0.180. The van der Waals surface area contributed by atoms with Gasteiger partial charge < -0.3 is 4.57 Å². The Hall–Kier alpha value is -6.82. The number of hydrogen-bond donors (Lipinski definition) is 0. The second kappa shape index (κ2) is 11.9. The van der Waals surface area contributed by atoms with Crippen LogP contribution in [0.5, 0.6) is 0 Å². The van der Waals surface area contributed by atoms with Crippen LogP contribution in [0.3, 0.4) is 0 Å². The molecule has 11 aromatic rings. The van der Waals surface area contributed by atoms with Crippen LogP contribution in [0.25, 0.3) is 98.0 Å². The Bertz CT molecular complexity index is 3150. The minimum absolute atomic E-state index is 0.915. The van der Waals surface area contributed by atoms with Crippen LogP contribution in [-0.4, -0.2) is 19.1 Å². The zero-order valence-electron chi connectivity index (χ0n) is 28.5. The topological polar surface area (TPSA) is 35.6 Å². The third-order valence-corrected chi connectivity index (χ3v) is 11.7. The second-order valence-corrected chi connectivity index (χ2v) is 14.5. The van der Waals surface area contributed by atoms with Gasteiger partial charge >= 0.3 is 0 Å². The first-order chi connectivity index (χ1) is 26.3. The molecule has 11 rings (SSSR count). The van der Waals surface area contributed by atoms with E-state index >= 15 is 0 Å². The maximum absolute atomic E-state index is 5.13. The molecule has 0 unspecified atom stereocenters. The number of benzene rings is 7. The molecule has 0 bridgehead atoms. The lowest BCUT2D eigenvalue weighted by Gasteiger charge is -2.13. The number of hydrogen-bond acceptors (Lipinski definition) is 3. The van der Waals surface area contributed by atoms with E-state index in [9.17, 15) is 0 Å². The van der Waals surface area contributed by atoms with Crippen molar-refractivity contribution in [2.75, 3.05) is 0 Å². The summed E-state index contributed by atoms with van der Waals surface area (Å²) in [5, 5.41) is 5.14. The summed E-state index contributed by atoms with van der Waals surface area (Å²) < 4.78 is 7.32. The number of fused-ring (bicyclic) bond motifs is 7. The number of para-hydroxylation sites is 3. The third kappa shape index (κ3) is 4.75. The average Bonchev–Trinajstić information content (AvgIpc) is 3.91. The molecule has 5 heteroatoms. The van der Waals surface area contributed by atoms with E-state index in [4.69, 9.17) is 4.98 Å². The summed E-state index contributed by atoms with van der Waals surface area (Å²) in [7, 11) is 0. The van der Waals surface area contributed by atoms with Crippen molar-refractivity contribution >= 4 is 64.3 Å². The van der Waals surface area contributed by atoms with E-state index in [0.717, 1.165) is 44.9 Å². The highest BCUT2D eigenvalue weighted by Gasteiger charge is 2.18. The van der Waals surface area contributed by atoms with E-state index in [0.29, 0.717) is 0 Å². The fourth-order valence-electron chi connectivity index (χ4n) is 7.98. The van der Waals surface area contributed by atoms with Gasteiger partial charge in [-0.25, -0.2) is 4.98 Å². The summed E-state index contributed by atoms with van der Waals surface area (Å²) in [4.78, 5) is 9.30. The zero-order chi connectivity index (χ0) is 34.9. The van der Waals surface area contributed by atoms with E-state index in [1.165, 1.54) is 53.1 Å². The van der Waals surface area contributed by atoms with Crippen LogP contribution < -0.4 is 0 Å². The van der Waals surface area contributed by atoms with Gasteiger partial charge in [-0.1, -0.05) is 97.1 Å². The van der Waals surface area contributed by atoms with Gasteiger partial charge in [0.15, 0.2) is 0 Å². The minimum Gasteiger partial charge on any atom is -0.309 e. The summed E-state index contributed by atoms with van der Waals surface area (Å²) in [5.74, 6) is 0.915. The molecule has 0 aliphatic heterocycles. The average molecular weight is 695 g/mol. The monoisotopic (exact) mass is 694 g/mol. The Morgan fingerprint density at radius 2 is 1.04 bits per heavy atom. The fourth-order valence-corrected chi connectivity index (χ4v) is 9.22. The van der Waals surface area contributed by atoms with E-state index in [-0.39, 0.29) is 0 Å². The number of imidazole rings is 1. The highest BCUT2D eigenvalue weighted by atomic mass is 32.1. The van der Waals surface area contributed by atoms with Gasteiger partial charge in [-0.2, -0.15) is 0 Å². The van der Waals surface area contributed by atoms with Gasteiger partial charge in [0.25, 0.3) is 0 Å². The standard InChI is InChI=1S/C48H30N4S/c1-4-13-43-38(8-1)41-30-34(37-10-7-11-40-39-9-2-6-15-46(39)53-47(37)40)20-25-44(41)51(43)35-21-23-36(24-22-35)52-45-14-5-3-12-42(45)50-48(52)33-18-16-31(17-19-33)32-26-28-49-29-27-32/h1-30H. The molecule has 4 aromatic heterocycles. The van der Waals surface area contributed by atoms with E-state index in [1.54, 1.807) is 0 Å². The SMILES string of the molecule is c1ccc2c(c1)nc(-c1ccc(-c3ccncc3)cc1)n2-c1ccc(-n2c3ccccc3c3cc(-c4cccc5c4sc4ccccc45)ccc32)cc1. The number of thiophene rings is 1. The summed E-state index contributed by atoms with van der Waals surface area (Å²) in [6.45, 7) is 0. The zero-order valence-corrected chi connectivity index (χ0v) is 29.3. The van der Waals surface area contributed by atoms with Crippen LogP contribution >= 0.6 is 11.3 Å². The Labute approximate surface area is 309 Å². The fraction of sp³-hybridized carbons (Fsp3) is 0. The van der Waals surface area contributed by atoms with Crippen LogP contribution in [0.1, 0.15) is 0 Å². The summed E-state index contributed by atoms with van der Waals surface area (Å²) >= 11 is 1.88. The molecule has 0 aliphatic carbocycles. The summed E-state index contributed by atoms with van der Waals surface area (Å²) in [6, 6.07) is 61.1. The minimum atomic E-state index is 0.915. The van der Waals surface area contributed by atoms with Crippen molar-refractivity contribution in [2.24, 2.45) is 0 Å². The molecule has 53 heavy (non-hydrogen) atoms. The Morgan fingerprint density at radius 1 is 0.415 bits per heavy atom. The molecule has 0 aliphatic rings. The van der Waals surface area contributed by atoms with Crippen molar-refractivity contribution in [1.29, 1.82) is 0 Å². The van der Waals surface area contributed by atoms with Crippen LogP contribution in [0.4, 0.5) is 0 Å². The predicted molar refractivity (Wildman–Crippen MR) is 222 cm³/mol. The molecule has 0 saturated carbocycles. The van der Waals surface area contributed by atoms with Crippen LogP contribution in [0, 0.1) is 0 Å². The first kappa shape index (κ1) is 29.9. The van der Waals surface area contributed by atoms with Gasteiger partial charge in [-0.05, 0) is 95.1 Å². The van der Waals surface area contributed by atoms with Gasteiger partial charge in [0.05, 0.1) is 22.1 Å². The number of aromatic nitrogens is 4. The molecular weight excluding hydrogens is 665 g/mol. The normalized spacial score (nSPS) is 11.8. The lowest BCUT2D eigenvalue weighted by atomic mass is 10.0. The summed E-state index contributed by atoms with van der Waals surface area (Å²) in [5.41, 5.74) is 12.5. The predicted octanol–water partition coefficient (Wildman–Crippen LogP) is 12.9. The lowest BCUT2D eigenvalue weighted by Crippen LogP contribution is -1.99. The maximum Gasteiger partial charge on any atom is 0.145 e.